The molecule has 1 amide bonds. The van der Waals surface area contributed by atoms with Crippen molar-refractivity contribution in [1.82, 2.24) is 5.32 Å². The second-order valence-corrected chi connectivity index (χ2v) is 25.0. The Kier molecular flexibility index (Phi) is 50.0. The summed E-state index contributed by atoms with van der Waals surface area (Å²) >= 11 is 0. The summed E-state index contributed by atoms with van der Waals surface area (Å²) < 4.78 is 34.3. The molecule has 0 bridgehead atoms. The Labute approximate surface area is 569 Å². The lowest BCUT2D eigenvalue weighted by Gasteiger charge is -2.48. The minimum absolute atomic E-state index is 0.225. The molecule has 3 rings (SSSR count). The van der Waals surface area contributed by atoms with Crippen molar-refractivity contribution in [2.24, 2.45) is 0 Å². The number of ether oxygens (including phenoxy) is 6. The van der Waals surface area contributed by atoms with E-state index in [-0.39, 0.29) is 18.9 Å². The average Bonchev–Trinajstić information content (AvgIpc) is 0.787. The molecule has 0 aromatic carbocycles. The first-order chi connectivity index (χ1) is 46.3. The first kappa shape index (κ1) is 85.2. The zero-order chi connectivity index (χ0) is 68.9. The van der Waals surface area contributed by atoms with Crippen molar-refractivity contribution in [1.29, 1.82) is 0 Å². The van der Waals surface area contributed by atoms with E-state index in [1.54, 1.807) is 6.08 Å². The van der Waals surface area contributed by atoms with Crippen molar-refractivity contribution in [2.75, 3.05) is 26.4 Å². The van der Waals surface area contributed by atoms with E-state index in [1.165, 1.54) is 44.9 Å². The van der Waals surface area contributed by atoms with Gasteiger partial charge in [-0.05, 0) is 96.3 Å². The Morgan fingerprint density at radius 1 is 0.389 bits per heavy atom. The van der Waals surface area contributed by atoms with E-state index in [9.17, 15) is 61.0 Å². The molecule has 0 radical (unpaired) electrons. The third-order valence-electron chi connectivity index (χ3n) is 17.0. The van der Waals surface area contributed by atoms with Gasteiger partial charge < -0.3 is 89.9 Å². The van der Waals surface area contributed by atoms with Gasteiger partial charge in [-0.3, -0.25) is 4.79 Å². The number of carbonyl (C=O) groups is 1. The standard InChI is InChI=1S/C76H125NO18/c1-3-5-7-9-11-13-15-16-17-18-19-20-21-22-23-24-25-26-27-28-29-30-31-32-33-34-35-36-37-38-39-40-41-42-44-46-48-50-52-54-64(82)77-59(60(81)53-51-49-47-45-43-14-12-10-8-6-4-2)58-90-74-70(88)67(85)72(62(56-79)92-74)95-76-71(89)68(86)73(63(57-80)93-76)94-75-69(87)66(84)65(83)61(55-78)91-75/h5,7,11,13,16-17,19-20,22-23,25-26,28-29,31-32,34-35,37-38,51,53,59-63,65-76,78-81,83-89H,3-4,6,8-10,12,14-15,18,21,24,27,30,33,36,39-50,52,54-58H2,1-2H3,(H,77,82)/b7-5-,13-11-,17-16-,20-19-,23-22-,26-25-,29-28-,32-31-,35-34-,38-37-,53-51+. The van der Waals surface area contributed by atoms with Crippen LogP contribution in [0.2, 0.25) is 0 Å². The number of allylic oxidation sites excluding steroid dienone is 21. The number of rotatable bonds is 53. The van der Waals surface area contributed by atoms with Gasteiger partial charge in [-0.1, -0.05) is 237 Å². The Morgan fingerprint density at radius 2 is 0.726 bits per heavy atom. The molecule has 17 atom stereocenters. The zero-order valence-electron chi connectivity index (χ0n) is 57.3. The van der Waals surface area contributed by atoms with Crippen LogP contribution >= 0.6 is 0 Å². The van der Waals surface area contributed by atoms with Gasteiger partial charge in [0.05, 0.1) is 38.6 Å². The van der Waals surface area contributed by atoms with Crippen molar-refractivity contribution in [3.63, 3.8) is 0 Å². The Balaban J connectivity index is 1.33. The summed E-state index contributed by atoms with van der Waals surface area (Å²) in [6.07, 6.45) is 51.6. The first-order valence-electron chi connectivity index (χ1n) is 35.9. The van der Waals surface area contributed by atoms with E-state index in [0.29, 0.717) is 6.42 Å². The van der Waals surface area contributed by atoms with E-state index in [2.05, 4.69) is 141 Å². The zero-order valence-corrected chi connectivity index (χ0v) is 57.3. The number of unbranched alkanes of at least 4 members (excludes halogenated alkanes) is 17. The summed E-state index contributed by atoms with van der Waals surface area (Å²) in [5, 5.41) is 120. The summed E-state index contributed by atoms with van der Waals surface area (Å²) in [6.45, 7) is 1.56. The molecule has 0 aliphatic carbocycles. The molecule has 17 unspecified atom stereocenters. The maximum absolute atomic E-state index is 13.4. The fourth-order valence-electron chi connectivity index (χ4n) is 11.2. The number of amides is 1. The second-order valence-electron chi connectivity index (χ2n) is 25.0. The molecule has 19 heteroatoms. The molecule has 3 fully saturated rings. The van der Waals surface area contributed by atoms with E-state index < -0.39 is 124 Å². The van der Waals surface area contributed by atoms with Gasteiger partial charge >= 0.3 is 0 Å². The molecule has 0 aromatic heterocycles. The molecular weight excluding hydrogens is 1210 g/mol. The molecule has 0 saturated carbocycles. The molecule has 542 valence electrons. The lowest BCUT2D eigenvalue weighted by Crippen LogP contribution is -2.66. The molecule has 3 aliphatic rings. The number of nitrogens with one attached hydrogen (secondary N) is 1. The van der Waals surface area contributed by atoms with Crippen LogP contribution in [0.15, 0.2) is 134 Å². The predicted octanol–water partition coefficient (Wildman–Crippen LogP) is 10.2. The monoisotopic (exact) mass is 1340 g/mol. The summed E-state index contributed by atoms with van der Waals surface area (Å²) in [7, 11) is 0. The highest BCUT2D eigenvalue weighted by Crippen LogP contribution is 2.33. The molecule has 3 saturated heterocycles. The van der Waals surface area contributed by atoms with E-state index in [0.717, 1.165) is 135 Å². The van der Waals surface area contributed by atoms with Crippen LogP contribution in [0.1, 0.15) is 206 Å². The molecule has 0 spiro atoms. The van der Waals surface area contributed by atoms with Crippen LogP contribution in [0, 0.1) is 0 Å². The van der Waals surface area contributed by atoms with Gasteiger partial charge in [0, 0.05) is 6.42 Å². The smallest absolute Gasteiger partial charge is 0.220 e. The topological polar surface area (TPSA) is 307 Å². The molecular formula is C76H125NO18. The number of aliphatic hydroxyl groups is 11. The second kappa shape index (κ2) is 55.8. The third-order valence-corrected chi connectivity index (χ3v) is 17.0. The highest BCUT2D eigenvalue weighted by Gasteiger charge is 2.53. The Hall–Kier alpha value is -4.07. The molecule has 0 aromatic rings. The largest absolute Gasteiger partial charge is 0.394 e. The number of hydrogen-bond donors (Lipinski definition) is 12. The third kappa shape index (κ3) is 37.1. The number of carbonyl (C=O) groups excluding carboxylic acids is 1. The maximum Gasteiger partial charge on any atom is 0.220 e. The summed E-state index contributed by atoms with van der Waals surface area (Å²) in [5.41, 5.74) is 0. The van der Waals surface area contributed by atoms with Crippen molar-refractivity contribution in [2.45, 2.75) is 311 Å². The van der Waals surface area contributed by atoms with Gasteiger partial charge in [0.15, 0.2) is 18.9 Å². The summed E-state index contributed by atoms with van der Waals surface area (Å²) in [5.74, 6) is -0.292. The quantitative estimate of drug-likeness (QED) is 0.0199. The van der Waals surface area contributed by atoms with Crippen molar-refractivity contribution in [3.8, 4) is 0 Å². The van der Waals surface area contributed by atoms with Crippen LogP contribution < -0.4 is 5.32 Å². The van der Waals surface area contributed by atoms with Crippen LogP contribution in [0.3, 0.4) is 0 Å². The summed E-state index contributed by atoms with van der Waals surface area (Å²) in [6, 6.07) is -0.986. The predicted molar refractivity (Wildman–Crippen MR) is 373 cm³/mol. The van der Waals surface area contributed by atoms with E-state index in [4.69, 9.17) is 28.4 Å². The Morgan fingerprint density at radius 3 is 1.14 bits per heavy atom. The van der Waals surface area contributed by atoms with Gasteiger partial charge in [0.1, 0.15) is 73.2 Å². The SMILES string of the molecule is CC/C=C\C/C=C\C/C=C\C/C=C\C/C=C\C/C=C\C/C=C\C/C=C\C/C=C\C/C=C\CCCCCCCCCCC(=O)NC(COC1OC(CO)C(OC2OC(CO)C(OC3OC(CO)C(O)C(O)C3O)C(O)C2O)C(O)C1O)C(O)/C=C/CCCCCCCCCCC. The number of aliphatic hydroxyl groups excluding tert-OH is 11. The van der Waals surface area contributed by atoms with Gasteiger partial charge in [-0.25, -0.2) is 0 Å². The highest BCUT2D eigenvalue weighted by molar-refractivity contribution is 5.76. The normalized spacial score (nSPS) is 28.0. The van der Waals surface area contributed by atoms with Crippen LogP contribution in [-0.4, -0.2) is 193 Å². The van der Waals surface area contributed by atoms with Crippen molar-refractivity contribution < 1.29 is 89.4 Å². The van der Waals surface area contributed by atoms with Crippen molar-refractivity contribution >= 4 is 5.91 Å². The highest BCUT2D eigenvalue weighted by atomic mass is 16.8. The molecule has 3 aliphatic heterocycles. The lowest BCUT2D eigenvalue weighted by molar-refractivity contribution is -0.379. The van der Waals surface area contributed by atoms with Gasteiger partial charge in [-0.15, -0.1) is 0 Å². The lowest BCUT2D eigenvalue weighted by atomic mass is 9.96. The minimum atomic E-state index is -1.98. The van der Waals surface area contributed by atoms with Crippen molar-refractivity contribution in [3.05, 3.63) is 134 Å². The van der Waals surface area contributed by atoms with Crippen LogP contribution in [-0.2, 0) is 33.2 Å². The summed E-state index contributed by atoms with van der Waals surface area (Å²) in [4.78, 5) is 13.4. The Bertz CT molecular complexity index is 2240. The van der Waals surface area contributed by atoms with Gasteiger partial charge in [0.2, 0.25) is 5.91 Å². The van der Waals surface area contributed by atoms with E-state index in [1.807, 2.05) is 6.08 Å². The fraction of sp³-hybridized carbons (Fsp3) is 0.697. The molecule has 12 N–H and O–H groups in total. The van der Waals surface area contributed by atoms with Gasteiger partial charge in [0.25, 0.3) is 0 Å². The fourth-order valence-corrected chi connectivity index (χ4v) is 11.2. The first-order valence-corrected chi connectivity index (χ1v) is 35.9. The van der Waals surface area contributed by atoms with Crippen LogP contribution in [0.25, 0.3) is 0 Å². The maximum atomic E-state index is 13.4. The minimum Gasteiger partial charge on any atom is -0.394 e. The van der Waals surface area contributed by atoms with Crippen LogP contribution in [0.4, 0.5) is 0 Å². The molecule has 19 nitrogen and oxygen atoms in total. The van der Waals surface area contributed by atoms with Crippen LogP contribution in [0.5, 0.6) is 0 Å². The molecule has 3 heterocycles. The number of hydrogen-bond acceptors (Lipinski definition) is 18. The molecule has 95 heavy (non-hydrogen) atoms. The van der Waals surface area contributed by atoms with Gasteiger partial charge in [-0.2, -0.15) is 0 Å². The average molecular weight is 1340 g/mol. The van der Waals surface area contributed by atoms with E-state index >= 15 is 0 Å².